The molecule has 1 aliphatic heterocycles. The van der Waals surface area contributed by atoms with Gasteiger partial charge in [0.2, 0.25) is 0 Å². The first kappa shape index (κ1) is 12.6. The van der Waals surface area contributed by atoms with E-state index in [0.29, 0.717) is 12.6 Å². The molecule has 4 heteroatoms. The molecule has 0 unspecified atom stereocenters. The number of benzene rings is 1. The second-order valence-electron chi connectivity index (χ2n) is 5.17. The normalized spacial score (nSPS) is 17.2. The molecule has 0 atom stereocenters. The Kier molecular flexibility index (Phi) is 3.53. The van der Waals surface area contributed by atoms with Crippen molar-refractivity contribution in [2.45, 2.75) is 32.4 Å². The zero-order valence-electron chi connectivity index (χ0n) is 11.6. The van der Waals surface area contributed by atoms with Crippen molar-refractivity contribution >= 4 is 11.0 Å². The van der Waals surface area contributed by atoms with Crippen LogP contribution in [0.15, 0.2) is 18.2 Å². The molecule has 1 saturated heterocycles. The van der Waals surface area contributed by atoms with Gasteiger partial charge < -0.3 is 14.0 Å². The van der Waals surface area contributed by atoms with Gasteiger partial charge in [0, 0.05) is 26.4 Å². The minimum absolute atomic E-state index is 0.478. The molecule has 0 aliphatic carbocycles. The van der Waals surface area contributed by atoms with Crippen LogP contribution >= 0.6 is 0 Å². The smallest absolute Gasteiger partial charge is 0.136 e. The maximum absolute atomic E-state index is 5.46. The quantitative estimate of drug-likeness (QED) is 0.851. The molecule has 0 amide bonds. The fourth-order valence-corrected chi connectivity index (χ4v) is 2.84. The second-order valence-corrected chi connectivity index (χ2v) is 5.17. The topological polar surface area (TPSA) is 36.3 Å². The van der Waals surface area contributed by atoms with Crippen LogP contribution in [0, 0.1) is 6.92 Å². The van der Waals surface area contributed by atoms with E-state index in [-0.39, 0.29) is 0 Å². The molecular weight excluding hydrogens is 240 g/mol. The maximum Gasteiger partial charge on any atom is 0.136 e. The summed E-state index contributed by atoms with van der Waals surface area (Å²) in [7, 11) is 1.72. The second kappa shape index (κ2) is 5.31. The van der Waals surface area contributed by atoms with Crippen molar-refractivity contribution in [2.24, 2.45) is 0 Å². The summed E-state index contributed by atoms with van der Waals surface area (Å²) in [5, 5.41) is 0. The summed E-state index contributed by atoms with van der Waals surface area (Å²) in [6.45, 7) is 4.33. The van der Waals surface area contributed by atoms with Gasteiger partial charge in [-0.15, -0.1) is 0 Å². The summed E-state index contributed by atoms with van der Waals surface area (Å²) >= 11 is 0. The van der Waals surface area contributed by atoms with Crippen molar-refractivity contribution < 1.29 is 9.47 Å². The van der Waals surface area contributed by atoms with Gasteiger partial charge in [-0.3, -0.25) is 0 Å². The lowest BCUT2D eigenvalue weighted by molar-refractivity contribution is 0.0678. The first-order valence-electron chi connectivity index (χ1n) is 6.83. The summed E-state index contributed by atoms with van der Waals surface area (Å²) < 4.78 is 13.1. The predicted molar refractivity (Wildman–Crippen MR) is 74.3 cm³/mol. The molecule has 102 valence electrons. The van der Waals surface area contributed by atoms with Gasteiger partial charge in [-0.05, 0) is 37.5 Å². The lowest BCUT2D eigenvalue weighted by Crippen LogP contribution is -2.21. The third-order valence-electron chi connectivity index (χ3n) is 3.75. The summed E-state index contributed by atoms with van der Waals surface area (Å²) in [5.74, 6) is 1.02. The molecule has 1 aromatic carbocycles. The number of hydrogen-bond acceptors (Lipinski definition) is 3. The standard InChI is InChI=1S/C15H20N2O2/c1-11-3-4-14-13(9-11)16-15(10-18-2)17(14)12-5-7-19-8-6-12/h3-4,9,12H,5-8,10H2,1-2H3. The van der Waals surface area contributed by atoms with Crippen molar-refractivity contribution in [2.75, 3.05) is 20.3 Å². The number of fused-ring (bicyclic) bond motifs is 1. The van der Waals surface area contributed by atoms with E-state index in [1.54, 1.807) is 7.11 Å². The molecule has 2 aromatic rings. The van der Waals surface area contributed by atoms with Gasteiger partial charge in [0.05, 0.1) is 11.0 Å². The average Bonchev–Trinajstić information content (AvgIpc) is 2.77. The minimum atomic E-state index is 0.478. The van der Waals surface area contributed by atoms with Gasteiger partial charge >= 0.3 is 0 Å². The number of methoxy groups -OCH3 is 1. The molecule has 0 spiro atoms. The van der Waals surface area contributed by atoms with Crippen LogP contribution in [0.25, 0.3) is 11.0 Å². The van der Waals surface area contributed by atoms with Gasteiger partial charge in [-0.1, -0.05) is 6.07 Å². The molecule has 1 aromatic heterocycles. The van der Waals surface area contributed by atoms with Gasteiger partial charge in [-0.25, -0.2) is 4.98 Å². The van der Waals surface area contributed by atoms with Gasteiger partial charge in [0.15, 0.2) is 0 Å². The lowest BCUT2D eigenvalue weighted by Gasteiger charge is -2.25. The molecule has 1 fully saturated rings. The number of nitrogens with zero attached hydrogens (tertiary/aromatic N) is 2. The zero-order valence-corrected chi connectivity index (χ0v) is 11.6. The Bertz CT molecular complexity index is 571. The highest BCUT2D eigenvalue weighted by molar-refractivity contribution is 5.77. The van der Waals surface area contributed by atoms with Crippen molar-refractivity contribution in [1.82, 2.24) is 9.55 Å². The molecule has 4 nitrogen and oxygen atoms in total. The van der Waals surface area contributed by atoms with Gasteiger partial charge in [0.25, 0.3) is 0 Å². The van der Waals surface area contributed by atoms with E-state index in [1.165, 1.54) is 11.1 Å². The lowest BCUT2D eigenvalue weighted by atomic mass is 10.1. The number of aryl methyl sites for hydroxylation is 1. The van der Waals surface area contributed by atoms with Gasteiger partial charge in [-0.2, -0.15) is 0 Å². The van der Waals surface area contributed by atoms with Crippen LogP contribution in [-0.4, -0.2) is 29.9 Å². The van der Waals surface area contributed by atoms with Crippen molar-refractivity contribution in [3.05, 3.63) is 29.6 Å². The summed E-state index contributed by atoms with van der Waals surface area (Å²) in [5.41, 5.74) is 3.52. The summed E-state index contributed by atoms with van der Waals surface area (Å²) in [4.78, 5) is 4.74. The Morgan fingerprint density at radius 1 is 1.37 bits per heavy atom. The van der Waals surface area contributed by atoms with Crippen LogP contribution in [0.5, 0.6) is 0 Å². The fraction of sp³-hybridized carbons (Fsp3) is 0.533. The van der Waals surface area contributed by atoms with Crippen molar-refractivity contribution in [1.29, 1.82) is 0 Å². The molecule has 0 radical (unpaired) electrons. The van der Waals surface area contributed by atoms with E-state index < -0.39 is 0 Å². The third kappa shape index (κ3) is 2.38. The fourth-order valence-electron chi connectivity index (χ4n) is 2.84. The van der Waals surface area contributed by atoms with Crippen LogP contribution in [0.1, 0.15) is 30.3 Å². The predicted octanol–water partition coefficient (Wildman–Crippen LogP) is 2.84. The number of hydrogen-bond donors (Lipinski definition) is 0. The van der Waals surface area contributed by atoms with E-state index in [1.807, 2.05) is 0 Å². The van der Waals surface area contributed by atoms with E-state index in [0.717, 1.165) is 37.4 Å². The Hall–Kier alpha value is -1.39. The number of imidazole rings is 1. The van der Waals surface area contributed by atoms with E-state index >= 15 is 0 Å². The maximum atomic E-state index is 5.46. The van der Waals surface area contributed by atoms with E-state index in [2.05, 4.69) is 29.7 Å². The van der Waals surface area contributed by atoms with Gasteiger partial charge in [0.1, 0.15) is 12.4 Å². The molecule has 0 saturated carbocycles. The van der Waals surface area contributed by atoms with E-state index in [9.17, 15) is 0 Å². The monoisotopic (exact) mass is 260 g/mol. The molecule has 3 rings (SSSR count). The number of rotatable bonds is 3. The SMILES string of the molecule is COCc1nc2cc(C)ccc2n1C1CCOCC1. The Labute approximate surface area is 113 Å². The Morgan fingerprint density at radius 2 is 2.16 bits per heavy atom. The molecule has 19 heavy (non-hydrogen) atoms. The number of ether oxygens (including phenoxy) is 2. The summed E-state index contributed by atoms with van der Waals surface area (Å²) in [6.07, 6.45) is 2.10. The van der Waals surface area contributed by atoms with Crippen LogP contribution < -0.4 is 0 Å². The molecule has 1 aliphatic rings. The highest BCUT2D eigenvalue weighted by Crippen LogP contribution is 2.28. The highest BCUT2D eigenvalue weighted by atomic mass is 16.5. The first-order valence-corrected chi connectivity index (χ1v) is 6.83. The van der Waals surface area contributed by atoms with Crippen molar-refractivity contribution in [3.63, 3.8) is 0 Å². The largest absolute Gasteiger partial charge is 0.381 e. The molecule has 2 heterocycles. The van der Waals surface area contributed by atoms with Crippen molar-refractivity contribution in [3.8, 4) is 0 Å². The minimum Gasteiger partial charge on any atom is -0.381 e. The Morgan fingerprint density at radius 3 is 2.89 bits per heavy atom. The Balaban J connectivity index is 2.09. The van der Waals surface area contributed by atoms with Crippen LogP contribution in [0.2, 0.25) is 0 Å². The molecular formula is C15H20N2O2. The third-order valence-corrected chi connectivity index (χ3v) is 3.75. The summed E-state index contributed by atoms with van der Waals surface area (Å²) in [6, 6.07) is 6.94. The highest BCUT2D eigenvalue weighted by Gasteiger charge is 2.21. The van der Waals surface area contributed by atoms with Crippen LogP contribution in [-0.2, 0) is 16.1 Å². The zero-order chi connectivity index (χ0) is 13.2. The average molecular weight is 260 g/mol. The van der Waals surface area contributed by atoms with Crippen LogP contribution in [0.4, 0.5) is 0 Å². The first-order chi connectivity index (χ1) is 9.29. The van der Waals surface area contributed by atoms with E-state index in [4.69, 9.17) is 14.5 Å². The molecule has 0 bridgehead atoms. The molecule has 0 N–H and O–H groups in total. The number of aromatic nitrogens is 2. The van der Waals surface area contributed by atoms with Crippen LogP contribution in [0.3, 0.4) is 0 Å².